The van der Waals surface area contributed by atoms with E-state index in [0.29, 0.717) is 18.2 Å². The Morgan fingerprint density at radius 3 is 2.67 bits per heavy atom. The van der Waals surface area contributed by atoms with Crippen molar-refractivity contribution in [1.82, 2.24) is 5.32 Å². The molecule has 0 spiro atoms. The number of anilines is 1. The van der Waals surface area contributed by atoms with Gasteiger partial charge in [-0.3, -0.25) is 4.79 Å². The molecule has 1 atom stereocenters. The van der Waals surface area contributed by atoms with E-state index in [0.717, 1.165) is 5.69 Å². The minimum Gasteiger partial charge on any atom is -0.380 e. The first-order chi connectivity index (χ1) is 8.61. The summed E-state index contributed by atoms with van der Waals surface area (Å²) in [5, 5.41) is 6.51. The fourth-order valence-electron chi connectivity index (χ4n) is 1.36. The Morgan fingerprint density at radius 2 is 2.06 bits per heavy atom. The molecule has 0 saturated heterocycles. The van der Waals surface area contributed by atoms with Gasteiger partial charge in [-0.25, -0.2) is 0 Å². The predicted octanol–water partition coefficient (Wildman–Crippen LogP) is 2.29. The molecule has 0 heterocycles. The first-order valence-corrected chi connectivity index (χ1v) is 6.36. The van der Waals surface area contributed by atoms with Crippen LogP contribution in [0, 0.1) is 0 Å². The molecule has 0 fully saturated rings. The lowest BCUT2D eigenvalue weighted by Gasteiger charge is -2.13. The molecule has 5 heteroatoms. The van der Waals surface area contributed by atoms with Crippen LogP contribution in [0.5, 0.6) is 0 Å². The first kappa shape index (κ1) is 15.0. The second-order valence-corrected chi connectivity index (χ2v) is 4.43. The van der Waals surface area contributed by atoms with E-state index in [9.17, 15) is 4.79 Å². The smallest absolute Gasteiger partial charge is 0.238 e. The fraction of sp³-hybridized carbons (Fsp3) is 0.462. The van der Waals surface area contributed by atoms with Gasteiger partial charge in [0.05, 0.1) is 13.2 Å². The number of halogens is 1. The van der Waals surface area contributed by atoms with Gasteiger partial charge >= 0.3 is 0 Å². The first-order valence-electron chi connectivity index (χ1n) is 5.98. The van der Waals surface area contributed by atoms with Gasteiger partial charge < -0.3 is 15.4 Å². The molecule has 0 radical (unpaired) electrons. The van der Waals surface area contributed by atoms with Gasteiger partial charge in [0, 0.05) is 23.4 Å². The van der Waals surface area contributed by atoms with E-state index in [1.807, 2.05) is 13.8 Å². The van der Waals surface area contributed by atoms with Crippen molar-refractivity contribution >= 4 is 23.2 Å². The Morgan fingerprint density at radius 1 is 1.39 bits per heavy atom. The van der Waals surface area contributed by atoms with E-state index >= 15 is 0 Å². The highest BCUT2D eigenvalue weighted by atomic mass is 35.5. The summed E-state index contributed by atoms with van der Waals surface area (Å²) in [6.45, 7) is 5.47. The van der Waals surface area contributed by atoms with Gasteiger partial charge in [0.1, 0.15) is 0 Å². The molecule has 0 bridgehead atoms. The number of ether oxygens (including phenoxy) is 1. The number of carbonyl (C=O) groups is 1. The molecule has 0 aromatic heterocycles. The molecule has 0 aliphatic heterocycles. The Balaban J connectivity index is 2.27. The van der Waals surface area contributed by atoms with Crippen molar-refractivity contribution in [2.24, 2.45) is 0 Å². The van der Waals surface area contributed by atoms with E-state index < -0.39 is 0 Å². The SMILES string of the molecule is CCOCC(C)NCC(=O)Nc1ccc(Cl)cc1. The van der Waals surface area contributed by atoms with Crippen molar-refractivity contribution < 1.29 is 9.53 Å². The van der Waals surface area contributed by atoms with Crippen LogP contribution in [0.25, 0.3) is 0 Å². The second-order valence-electron chi connectivity index (χ2n) is 4.00. The fourth-order valence-corrected chi connectivity index (χ4v) is 1.48. The quantitative estimate of drug-likeness (QED) is 0.799. The van der Waals surface area contributed by atoms with Crippen molar-refractivity contribution in [1.29, 1.82) is 0 Å². The minimum atomic E-state index is -0.0827. The van der Waals surface area contributed by atoms with Crippen LogP contribution in [0.4, 0.5) is 5.69 Å². The maximum absolute atomic E-state index is 11.6. The summed E-state index contributed by atoms with van der Waals surface area (Å²) in [6, 6.07) is 7.17. The standard InChI is InChI=1S/C13H19ClN2O2/c1-3-18-9-10(2)15-8-13(17)16-12-6-4-11(14)5-7-12/h4-7,10,15H,3,8-9H2,1-2H3,(H,16,17). The molecular formula is C13H19ClN2O2. The lowest BCUT2D eigenvalue weighted by atomic mass is 10.3. The summed E-state index contributed by atoms with van der Waals surface area (Å²) in [5.74, 6) is -0.0827. The third-order valence-electron chi connectivity index (χ3n) is 2.31. The van der Waals surface area contributed by atoms with Crippen molar-refractivity contribution in [3.8, 4) is 0 Å². The highest BCUT2D eigenvalue weighted by Gasteiger charge is 2.05. The van der Waals surface area contributed by atoms with E-state index in [4.69, 9.17) is 16.3 Å². The molecule has 1 amide bonds. The molecule has 1 aromatic carbocycles. The highest BCUT2D eigenvalue weighted by molar-refractivity contribution is 6.30. The number of benzene rings is 1. The van der Waals surface area contributed by atoms with Crippen LogP contribution in [0.3, 0.4) is 0 Å². The van der Waals surface area contributed by atoms with Gasteiger partial charge in [-0.1, -0.05) is 11.6 Å². The number of nitrogens with one attached hydrogen (secondary N) is 2. The molecule has 2 N–H and O–H groups in total. The van der Waals surface area contributed by atoms with Crippen molar-refractivity contribution in [3.63, 3.8) is 0 Å². The Hall–Kier alpha value is -1.10. The summed E-state index contributed by atoms with van der Waals surface area (Å²) in [7, 11) is 0. The van der Waals surface area contributed by atoms with Crippen molar-refractivity contribution in [3.05, 3.63) is 29.3 Å². The lowest BCUT2D eigenvalue weighted by molar-refractivity contribution is -0.115. The Labute approximate surface area is 113 Å². The normalized spacial score (nSPS) is 12.2. The van der Waals surface area contributed by atoms with Crippen LogP contribution in [0.2, 0.25) is 5.02 Å². The second kappa shape index (κ2) is 8.08. The van der Waals surface area contributed by atoms with Gasteiger partial charge in [-0.2, -0.15) is 0 Å². The topological polar surface area (TPSA) is 50.4 Å². The summed E-state index contributed by atoms with van der Waals surface area (Å²) in [6.07, 6.45) is 0. The zero-order valence-electron chi connectivity index (χ0n) is 10.7. The zero-order chi connectivity index (χ0) is 13.4. The van der Waals surface area contributed by atoms with Crippen LogP contribution < -0.4 is 10.6 Å². The van der Waals surface area contributed by atoms with E-state index in [1.165, 1.54) is 0 Å². The molecular weight excluding hydrogens is 252 g/mol. The summed E-state index contributed by atoms with van der Waals surface area (Å²) < 4.78 is 5.25. The zero-order valence-corrected chi connectivity index (χ0v) is 11.5. The molecule has 0 aliphatic carbocycles. The molecule has 100 valence electrons. The Kier molecular flexibility index (Phi) is 6.72. The third-order valence-corrected chi connectivity index (χ3v) is 2.56. The van der Waals surface area contributed by atoms with Gasteiger partial charge in [-0.05, 0) is 38.1 Å². The van der Waals surface area contributed by atoms with Crippen molar-refractivity contribution in [2.75, 3.05) is 25.1 Å². The summed E-state index contributed by atoms with van der Waals surface area (Å²) >= 11 is 5.76. The maximum Gasteiger partial charge on any atom is 0.238 e. The molecule has 1 unspecified atom stereocenters. The van der Waals surface area contributed by atoms with Crippen molar-refractivity contribution in [2.45, 2.75) is 19.9 Å². The van der Waals surface area contributed by atoms with E-state index in [2.05, 4.69) is 10.6 Å². The number of amides is 1. The molecule has 1 aromatic rings. The molecule has 0 aliphatic rings. The maximum atomic E-state index is 11.6. The van der Waals surface area contributed by atoms with E-state index in [-0.39, 0.29) is 18.5 Å². The van der Waals surface area contributed by atoms with Crippen LogP contribution in [-0.4, -0.2) is 31.7 Å². The highest BCUT2D eigenvalue weighted by Crippen LogP contribution is 2.12. The lowest BCUT2D eigenvalue weighted by Crippen LogP contribution is -2.37. The average molecular weight is 271 g/mol. The minimum absolute atomic E-state index is 0.0827. The summed E-state index contributed by atoms with van der Waals surface area (Å²) in [5.41, 5.74) is 0.740. The van der Waals surface area contributed by atoms with Gasteiger partial charge in [0.25, 0.3) is 0 Å². The number of hydrogen-bond donors (Lipinski definition) is 2. The molecule has 1 rings (SSSR count). The van der Waals surface area contributed by atoms with Crippen LogP contribution in [0.15, 0.2) is 24.3 Å². The largest absolute Gasteiger partial charge is 0.380 e. The van der Waals surface area contributed by atoms with Gasteiger partial charge in [0.2, 0.25) is 5.91 Å². The van der Waals surface area contributed by atoms with Crippen LogP contribution >= 0.6 is 11.6 Å². The summed E-state index contributed by atoms with van der Waals surface area (Å²) in [4.78, 5) is 11.6. The number of hydrogen-bond acceptors (Lipinski definition) is 3. The van der Waals surface area contributed by atoms with E-state index in [1.54, 1.807) is 24.3 Å². The van der Waals surface area contributed by atoms with Crippen LogP contribution in [0.1, 0.15) is 13.8 Å². The predicted molar refractivity (Wildman–Crippen MR) is 74.0 cm³/mol. The van der Waals surface area contributed by atoms with Crippen LogP contribution in [-0.2, 0) is 9.53 Å². The average Bonchev–Trinajstić information content (AvgIpc) is 2.36. The Bertz CT molecular complexity index is 368. The van der Waals surface area contributed by atoms with Gasteiger partial charge in [0.15, 0.2) is 0 Å². The van der Waals surface area contributed by atoms with Gasteiger partial charge in [-0.15, -0.1) is 0 Å². The molecule has 0 saturated carbocycles. The third kappa shape index (κ3) is 6.00. The molecule has 4 nitrogen and oxygen atoms in total. The number of rotatable bonds is 7. The number of carbonyl (C=O) groups excluding carboxylic acids is 1. The molecule has 18 heavy (non-hydrogen) atoms. The monoisotopic (exact) mass is 270 g/mol.